The summed E-state index contributed by atoms with van der Waals surface area (Å²) in [6.07, 6.45) is 0.965. The molecule has 1 aromatic rings. The fourth-order valence-electron chi connectivity index (χ4n) is 1.65. The van der Waals surface area contributed by atoms with Gasteiger partial charge in [0, 0.05) is 6.54 Å². The van der Waals surface area contributed by atoms with Crippen molar-refractivity contribution in [3.63, 3.8) is 0 Å². The molecule has 0 aromatic heterocycles. The van der Waals surface area contributed by atoms with E-state index in [4.69, 9.17) is 9.47 Å². The first-order valence-corrected chi connectivity index (χ1v) is 5.44. The fraction of sp³-hybridized carbons (Fsp3) is 0.538. The molecule has 1 rings (SSSR count). The number of nitrogens with zero attached hydrogens (tertiary/aromatic N) is 1. The molecule has 0 radical (unpaired) electrons. The largest absolute Gasteiger partial charge is 0.496 e. The van der Waals surface area contributed by atoms with Gasteiger partial charge in [-0.25, -0.2) is 0 Å². The Morgan fingerprint density at radius 2 is 1.69 bits per heavy atom. The fourth-order valence-corrected chi connectivity index (χ4v) is 1.65. The summed E-state index contributed by atoms with van der Waals surface area (Å²) in [4.78, 5) is 2.16. The van der Waals surface area contributed by atoms with Gasteiger partial charge in [0.25, 0.3) is 0 Å². The molecule has 0 saturated heterocycles. The quantitative estimate of drug-likeness (QED) is 0.763. The summed E-state index contributed by atoms with van der Waals surface area (Å²) in [6, 6.07) is 4.10. The number of hydrogen-bond acceptors (Lipinski definition) is 3. The van der Waals surface area contributed by atoms with Gasteiger partial charge in [-0.05, 0) is 50.7 Å². The van der Waals surface area contributed by atoms with Crippen LogP contribution >= 0.6 is 0 Å². The van der Waals surface area contributed by atoms with Crippen LogP contribution in [0.15, 0.2) is 12.1 Å². The number of likely N-dealkylation sites (N-methyl/N-ethyl adjacent to an activating group) is 1. The minimum absolute atomic E-state index is 0.926. The molecule has 0 heterocycles. The predicted octanol–water partition coefficient (Wildman–Crippen LogP) is 2.12. The first kappa shape index (κ1) is 12.8. The van der Waals surface area contributed by atoms with Gasteiger partial charge in [-0.2, -0.15) is 0 Å². The Labute approximate surface area is 98.0 Å². The molecular weight excluding hydrogens is 202 g/mol. The van der Waals surface area contributed by atoms with E-state index in [1.165, 1.54) is 5.56 Å². The highest BCUT2D eigenvalue weighted by Crippen LogP contribution is 2.28. The van der Waals surface area contributed by atoms with Crippen LogP contribution in [0.5, 0.6) is 11.5 Å². The average molecular weight is 223 g/mol. The highest BCUT2D eigenvalue weighted by molar-refractivity contribution is 5.46. The Bertz CT molecular complexity index is 348. The van der Waals surface area contributed by atoms with Crippen LogP contribution in [0.4, 0.5) is 0 Å². The summed E-state index contributed by atoms with van der Waals surface area (Å²) in [5, 5.41) is 0. The molecule has 0 atom stereocenters. The molecule has 0 aliphatic carbocycles. The SMILES string of the molecule is COc1cc(CCN(C)C)c(OC)cc1C. The zero-order valence-corrected chi connectivity index (χ0v) is 10.8. The van der Waals surface area contributed by atoms with Gasteiger partial charge in [-0.3, -0.25) is 0 Å². The molecule has 3 nitrogen and oxygen atoms in total. The van der Waals surface area contributed by atoms with Crippen molar-refractivity contribution in [2.24, 2.45) is 0 Å². The number of rotatable bonds is 5. The van der Waals surface area contributed by atoms with Crippen molar-refractivity contribution < 1.29 is 9.47 Å². The molecule has 0 aliphatic heterocycles. The summed E-state index contributed by atoms with van der Waals surface area (Å²) < 4.78 is 10.7. The van der Waals surface area contributed by atoms with Gasteiger partial charge in [0.1, 0.15) is 11.5 Å². The molecule has 0 amide bonds. The molecule has 0 N–H and O–H groups in total. The Morgan fingerprint density at radius 1 is 1.06 bits per heavy atom. The van der Waals surface area contributed by atoms with E-state index >= 15 is 0 Å². The van der Waals surface area contributed by atoms with Crippen molar-refractivity contribution in [3.8, 4) is 11.5 Å². The third-order valence-corrected chi connectivity index (χ3v) is 2.63. The summed E-state index contributed by atoms with van der Waals surface area (Å²) in [7, 11) is 7.54. The minimum Gasteiger partial charge on any atom is -0.496 e. The second-order valence-electron chi connectivity index (χ2n) is 4.19. The Hall–Kier alpha value is -1.22. The van der Waals surface area contributed by atoms with Gasteiger partial charge in [0.15, 0.2) is 0 Å². The first-order chi connectivity index (χ1) is 7.58. The standard InChI is InChI=1S/C13H21NO2/c1-10-8-13(16-5)11(6-7-14(2)3)9-12(10)15-4/h8-9H,6-7H2,1-5H3. The third kappa shape index (κ3) is 3.14. The summed E-state index contributed by atoms with van der Waals surface area (Å²) in [5.74, 6) is 1.87. The second kappa shape index (κ2) is 5.75. The molecule has 0 spiro atoms. The number of ether oxygens (including phenoxy) is 2. The summed E-state index contributed by atoms with van der Waals surface area (Å²) >= 11 is 0. The Balaban J connectivity index is 2.95. The molecule has 0 aliphatic rings. The van der Waals surface area contributed by atoms with E-state index in [1.807, 2.05) is 13.0 Å². The predicted molar refractivity (Wildman–Crippen MR) is 66.5 cm³/mol. The van der Waals surface area contributed by atoms with E-state index in [1.54, 1.807) is 14.2 Å². The smallest absolute Gasteiger partial charge is 0.122 e. The lowest BCUT2D eigenvalue weighted by Crippen LogP contribution is -2.15. The van der Waals surface area contributed by atoms with Crippen LogP contribution in [0.2, 0.25) is 0 Å². The van der Waals surface area contributed by atoms with Crippen LogP contribution in [-0.2, 0) is 6.42 Å². The van der Waals surface area contributed by atoms with E-state index in [0.717, 1.165) is 30.0 Å². The van der Waals surface area contributed by atoms with Crippen LogP contribution in [0, 0.1) is 6.92 Å². The van der Waals surface area contributed by atoms with Gasteiger partial charge >= 0.3 is 0 Å². The lowest BCUT2D eigenvalue weighted by molar-refractivity contribution is 0.384. The molecule has 16 heavy (non-hydrogen) atoms. The monoisotopic (exact) mass is 223 g/mol. The Kier molecular flexibility index (Phi) is 4.62. The Morgan fingerprint density at radius 3 is 2.19 bits per heavy atom. The minimum atomic E-state index is 0.926. The molecule has 3 heteroatoms. The van der Waals surface area contributed by atoms with Crippen LogP contribution in [0.25, 0.3) is 0 Å². The average Bonchev–Trinajstić information content (AvgIpc) is 2.26. The van der Waals surface area contributed by atoms with Gasteiger partial charge < -0.3 is 14.4 Å². The van der Waals surface area contributed by atoms with E-state index in [9.17, 15) is 0 Å². The molecular formula is C13H21NO2. The zero-order valence-electron chi connectivity index (χ0n) is 10.8. The molecule has 0 saturated carbocycles. The molecule has 0 unspecified atom stereocenters. The first-order valence-electron chi connectivity index (χ1n) is 5.44. The van der Waals surface area contributed by atoms with Crippen molar-refractivity contribution in [1.82, 2.24) is 4.90 Å². The summed E-state index contributed by atoms with van der Waals surface area (Å²) in [5.41, 5.74) is 2.30. The van der Waals surface area contributed by atoms with Crippen molar-refractivity contribution in [2.75, 3.05) is 34.9 Å². The number of methoxy groups -OCH3 is 2. The molecule has 1 aromatic carbocycles. The normalized spacial score (nSPS) is 10.6. The van der Waals surface area contributed by atoms with Gasteiger partial charge in [0.2, 0.25) is 0 Å². The van der Waals surface area contributed by atoms with E-state index < -0.39 is 0 Å². The molecule has 0 bridgehead atoms. The zero-order chi connectivity index (χ0) is 12.1. The summed E-state index contributed by atoms with van der Waals surface area (Å²) in [6.45, 7) is 3.03. The second-order valence-corrected chi connectivity index (χ2v) is 4.19. The van der Waals surface area contributed by atoms with Gasteiger partial charge in [0.05, 0.1) is 14.2 Å². The lowest BCUT2D eigenvalue weighted by Gasteiger charge is -2.15. The molecule has 90 valence electrons. The van der Waals surface area contributed by atoms with E-state index in [-0.39, 0.29) is 0 Å². The third-order valence-electron chi connectivity index (χ3n) is 2.63. The van der Waals surface area contributed by atoms with Crippen LogP contribution < -0.4 is 9.47 Å². The molecule has 0 fully saturated rings. The lowest BCUT2D eigenvalue weighted by atomic mass is 10.1. The number of benzene rings is 1. The van der Waals surface area contributed by atoms with E-state index in [0.29, 0.717) is 0 Å². The maximum Gasteiger partial charge on any atom is 0.122 e. The topological polar surface area (TPSA) is 21.7 Å². The van der Waals surface area contributed by atoms with Crippen molar-refractivity contribution in [2.45, 2.75) is 13.3 Å². The van der Waals surface area contributed by atoms with Crippen LogP contribution in [0.3, 0.4) is 0 Å². The van der Waals surface area contributed by atoms with Gasteiger partial charge in [-0.1, -0.05) is 0 Å². The highest BCUT2D eigenvalue weighted by Gasteiger charge is 2.08. The van der Waals surface area contributed by atoms with E-state index in [2.05, 4.69) is 25.1 Å². The van der Waals surface area contributed by atoms with Crippen molar-refractivity contribution in [1.29, 1.82) is 0 Å². The van der Waals surface area contributed by atoms with Crippen LogP contribution in [-0.4, -0.2) is 39.8 Å². The van der Waals surface area contributed by atoms with Crippen molar-refractivity contribution >= 4 is 0 Å². The number of hydrogen-bond donors (Lipinski definition) is 0. The van der Waals surface area contributed by atoms with Crippen LogP contribution in [0.1, 0.15) is 11.1 Å². The van der Waals surface area contributed by atoms with Gasteiger partial charge in [-0.15, -0.1) is 0 Å². The number of aryl methyl sites for hydroxylation is 1. The maximum atomic E-state index is 5.38. The maximum absolute atomic E-state index is 5.38. The highest BCUT2D eigenvalue weighted by atomic mass is 16.5. The van der Waals surface area contributed by atoms with Crippen molar-refractivity contribution in [3.05, 3.63) is 23.3 Å².